The van der Waals surface area contributed by atoms with E-state index in [9.17, 15) is 4.79 Å². The first kappa shape index (κ1) is 11.0. The number of hydrogen-bond acceptors (Lipinski definition) is 4. The number of carbonyl (C=O) groups excluding carboxylic acids is 1. The average Bonchev–Trinajstić information content (AvgIpc) is 2.81. The number of Topliss-reactive ketones (excluding diaryl/α,β-unsaturated/α-hetero) is 1. The summed E-state index contributed by atoms with van der Waals surface area (Å²) in [6.07, 6.45) is 4.38. The molecule has 3 heterocycles. The van der Waals surface area contributed by atoms with Crippen molar-refractivity contribution in [1.82, 2.24) is 10.5 Å². The normalized spacial score (nSPS) is 31.8. The van der Waals surface area contributed by atoms with E-state index in [4.69, 9.17) is 4.52 Å². The van der Waals surface area contributed by atoms with Crippen molar-refractivity contribution >= 4 is 5.78 Å². The Hall–Kier alpha value is -1.16. The number of ketones is 1. The quantitative estimate of drug-likeness (QED) is 0.795. The average molecular weight is 234 g/mol. The largest absolute Gasteiger partial charge is 0.361 e. The van der Waals surface area contributed by atoms with Crippen LogP contribution in [0.5, 0.6) is 0 Å². The van der Waals surface area contributed by atoms with Gasteiger partial charge in [0.05, 0.1) is 11.3 Å². The summed E-state index contributed by atoms with van der Waals surface area (Å²) >= 11 is 0. The Balaban J connectivity index is 1.83. The van der Waals surface area contributed by atoms with Gasteiger partial charge in [0.2, 0.25) is 0 Å². The molecule has 0 spiro atoms. The van der Waals surface area contributed by atoms with Crippen LogP contribution in [0.2, 0.25) is 0 Å². The number of nitrogens with zero attached hydrogens (tertiary/aromatic N) is 1. The summed E-state index contributed by atoms with van der Waals surface area (Å²) in [5.41, 5.74) is 1.45. The number of nitrogens with one attached hydrogen (secondary N) is 1. The molecule has 17 heavy (non-hydrogen) atoms. The lowest BCUT2D eigenvalue weighted by Crippen LogP contribution is -2.40. The van der Waals surface area contributed by atoms with Crippen molar-refractivity contribution in [3.05, 3.63) is 17.0 Å². The molecule has 4 nitrogen and oxygen atoms in total. The zero-order valence-electron chi connectivity index (χ0n) is 10.3. The molecule has 2 aliphatic rings. The Morgan fingerprint density at radius 1 is 1.29 bits per heavy atom. The van der Waals surface area contributed by atoms with Crippen LogP contribution in [0.3, 0.4) is 0 Å². The molecule has 2 bridgehead atoms. The molecule has 92 valence electrons. The highest BCUT2D eigenvalue weighted by molar-refractivity contribution is 5.99. The number of aromatic nitrogens is 1. The van der Waals surface area contributed by atoms with Crippen LogP contribution in [0.25, 0.3) is 0 Å². The van der Waals surface area contributed by atoms with Crippen LogP contribution in [0, 0.1) is 19.8 Å². The van der Waals surface area contributed by atoms with E-state index in [1.54, 1.807) is 0 Å². The monoisotopic (exact) mass is 234 g/mol. The van der Waals surface area contributed by atoms with Crippen molar-refractivity contribution in [3.63, 3.8) is 0 Å². The molecule has 1 aromatic heterocycles. The highest BCUT2D eigenvalue weighted by atomic mass is 16.5. The van der Waals surface area contributed by atoms with Crippen molar-refractivity contribution < 1.29 is 9.32 Å². The molecule has 0 amide bonds. The lowest BCUT2D eigenvalue weighted by molar-refractivity contribution is 0.0873. The predicted octanol–water partition coefficient (Wildman–Crippen LogP) is 2.00. The first-order valence-corrected chi connectivity index (χ1v) is 6.38. The first-order valence-electron chi connectivity index (χ1n) is 6.38. The molecule has 2 aliphatic heterocycles. The molecule has 0 saturated carbocycles. The molecule has 1 aromatic rings. The van der Waals surface area contributed by atoms with Crippen molar-refractivity contribution in [1.29, 1.82) is 0 Å². The molecule has 2 atom stereocenters. The van der Waals surface area contributed by atoms with E-state index in [0.29, 0.717) is 17.8 Å². The van der Waals surface area contributed by atoms with E-state index < -0.39 is 0 Å². The molecule has 2 unspecified atom stereocenters. The van der Waals surface area contributed by atoms with E-state index in [-0.39, 0.29) is 11.7 Å². The maximum Gasteiger partial charge on any atom is 0.171 e. The van der Waals surface area contributed by atoms with Gasteiger partial charge in [-0.2, -0.15) is 0 Å². The fraction of sp³-hybridized carbons (Fsp3) is 0.692. The minimum Gasteiger partial charge on any atom is -0.361 e. The van der Waals surface area contributed by atoms with Crippen molar-refractivity contribution in [2.45, 2.75) is 51.6 Å². The molecule has 2 fully saturated rings. The van der Waals surface area contributed by atoms with E-state index in [0.717, 1.165) is 24.1 Å². The van der Waals surface area contributed by atoms with Gasteiger partial charge in [0.25, 0.3) is 0 Å². The molecule has 0 radical (unpaired) electrons. The SMILES string of the molecule is Cc1noc(C)c1C(=O)C1CC2CCC(C1)N2. The van der Waals surface area contributed by atoms with Gasteiger partial charge in [-0.05, 0) is 39.5 Å². The molecular formula is C13H18N2O2. The number of carbonyl (C=O) groups is 1. The fourth-order valence-electron chi connectivity index (χ4n) is 3.31. The summed E-state index contributed by atoms with van der Waals surface area (Å²) in [5, 5.41) is 7.43. The van der Waals surface area contributed by atoms with Gasteiger partial charge in [-0.1, -0.05) is 5.16 Å². The van der Waals surface area contributed by atoms with Crippen molar-refractivity contribution in [3.8, 4) is 0 Å². The van der Waals surface area contributed by atoms with Crippen LogP contribution in [-0.2, 0) is 0 Å². The van der Waals surface area contributed by atoms with Gasteiger partial charge < -0.3 is 9.84 Å². The third-order valence-electron chi connectivity index (χ3n) is 4.12. The molecule has 4 heteroatoms. The second-order valence-electron chi connectivity index (χ2n) is 5.37. The van der Waals surface area contributed by atoms with Gasteiger partial charge in [-0.15, -0.1) is 0 Å². The number of piperidine rings is 1. The zero-order valence-corrected chi connectivity index (χ0v) is 10.3. The minimum atomic E-state index is 0.158. The van der Waals surface area contributed by atoms with E-state index in [1.807, 2.05) is 13.8 Å². The number of fused-ring (bicyclic) bond motifs is 2. The Kier molecular flexibility index (Phi) is 2.54. The highest BCUT2D eigenvalue weighted by Gasteiger charge is 2.38. The standard InChI is InChI=1S/C13H18N2O2/c1-7-12(8(2)17-15-7)13(16)9-5-10-3-4-11(6-9)14-10/h9-11,14H,3-6H2,1-2H3. The predicted molar refractivity (Wildman–Crippen MR) is 63.0 cm³/mol. The summed E-state index contributed by atoms with van der Waals surface area (Å²) in [6, 6.07) is 1.09. The van der Waals surface area contributed by atoms with Gasteiger partial charge in [0.15, 0.2) is 5.78 Å². The summed E-state index contributed by atoms with van der Waals surface area (Å²) in [5.74, 6) is 1.06. The Morgan fingerprint density at radius 3 is 2.47 bits per heavy atom. The van der Waals surface area contributed by atoms with Gasteiger partial charge >= 0.3 is 0 Å². The maximum atomic E-state index is 12.5. The van der Waals surface area contributed by atoms with E-state index >= 15 is 0 Å². The third kappa shape index (κ3) is 1.80. The fourth-order valence-corrected chi connectivity index (χ4v) is 3.31. The van der Waals surface area contributed by atoms with Crippen LogP contribution >= 0.6 is 0 Å². The Morgan fingerprint density at radius 2 is 1.94 bits per heavy atom. The lowest BCUT2D eigenvalue weighted by atomic mass is 9.85. The van der Waals surface area contributed by atoms with Gasteiger partial charge in [-0.3, -0.25) is 4.79 Å². The second-order valence-corrected chi connectivity index (χ2v) is 5.37. The summed E-state index contributed by atoms with van der Waals surface area (Å²) in [6.45, 7) is 3.67. The van der Waals surface area contributed by atoms with Gasteiger partial charge in [0, 0.05) is 18.0 Å². The molecule has 0 aromatic carbocycles. The Bertz CT molecular complexity index is 421. The van der Waals surface area contributed by atoms with Crippen molar-refractivity contribution in [2.75, 3.05) is 0 Å². The van der Waals surface area contributed by atoms with Gasteiger partial charge in [-0.25, -0.2) is 0 Å². The van der Waals surface area contributed by atoms with E-state index in [1.165, 1.54) is 12.8 Å². The minimum absolute atomic E-state index is 0.158. The Labute approximate surface area is 101 Å². The molecule has 2 saturated heterocycles. The van der Waals surface area contributed by atoms with Crippen molar-refractivity contribution in [2.24, 2.45) is 5.92 Å². The number of hydrogen-bond donors (Lipinski definition) is 1. The topological polar surface area (TPSA) is 55.1 Å². The molecule has 1 N–H and O–H groups in total. The zero-order chi connectivity index (χ0) is 12.0. The van der Waals surface area contributed by atoms with Crippen LogP contribution in [0.15, 0.2) is 4.52 Å². The second kappa shape index (κ2) is 3.95. The van der Waals surface area contributed by atoms with E-state index in [2.05, 4.69) is 10.5 Å². The summed E-state index contributed by atoms with van der Waals surface area (Å²) in [4.78, 5) is 12.5. The lowest BCUT2D eigenvalue weighted by Gasteiger charge is -2.27. The first-order chi connectivity index (χ1) is 8.15. The maximum absolute atomic E-state index is 12.5. The van der Waals surface area contributed by atoms with Gasteiger partial charge in [0.1, 0.15) is 5.76 Å². The summed E-state index contributed by atoms with van der Waals surface area (Å²) in [7, 11) is 0. The smallest absolute Gasteiger partial charge is 0.171 e. The van der Waals surface area contributed by atoms with Crippen LogP contribution in [-0.4, -0.2) is 23.0 Å². The highest BCUT2D eigenvalue weighted by Crippen LogP contribution is 2.33. The van der Waals surface area contributed by atoms with Crippen LogP contribution in [0.1, 0.15) is 47.5 Å². The molecule has 0 aliphatic carbocycles. The third-order valence-corrected chi connectivity index (χ3v) is 4.12. The molecule has 3 rings (SSSR count). The number of rotatable bonds is 2. The molecular weight excluding hydrogens is 216 g/mol. The number of aryl methyl sites for hydroxylation is 2. The summed E-state index contributed by atoms with van der Waals surface area (Å²) < 4.78 is 5.09. The van der Waals surface area contributed by atoms with Crippen LogP contribution < -0.4 is 5.32 Å². The van der Waals surface area contributed by atoms with Crippen LogP contribution in [0.4, 0.5) is 0 Å².